The molecule has 0 heterocycles. The molecule has 0 saturated carbocycles. The summed E-state index contributed by atoms with van der Waals surface area (Å²) in [5.74, 6) is -0.130. The maximum atomic E-state index is 12.8. The van der Waals surface area contributed by atoms with Crippen LogP contribution in [0.3, 0.4) is 0 Å². The quantitative estimate of drug-likeness (QED) is 0.802. The highest BCUT2D eigenvalue weighted by molar-refractivity contribution is 6.17. The van der Waals surface area contributed by atoms with E-state index in [1.54, 1.807) is 20.8 Å². The molecule has 0 atom stereocenters. The van der Waals surface area contributed by atoms with Crippen molar-refractivity contribution in [3.63, 3.8) is 0 Å². The summed E-state index contributed by atoms with van der Waals surface area (Å²) < 4.78 is 38.5. The Labute approximate surface area is 120 Å². The summed E-state index contributed by atoms with van der Waals surface area (Å²) in [6.45, 7) is 4.80. The third-order valence-corrected chi connectivity index (χ3v) is 2.89. The van der Waals surface area contributed by atoms with E-state index in [-0.39, 0.29) is 17.1 Å². The minimum atomic E-state index is -4.56. The van der Waals surface area contributed by atoms with Gasteiger partial charge in [0.05, 0.1) is 5.56 Å². The van der Waals surface area contributed by atoms with Gasteiger partial charge in [0.2, 0.25) is 0 Å². The van der Waals surface area contributed by atoms with Gasteiger partial charge in [-0.3, -0.25) is 4.90 Å². The van der Waals surface area contributed by atoms with Gasteiger partial charge in [-0.2, -0.15) is 13.2 Å². The van der Waals surface area contributed by atoms with Crippen molar-refractivity contribution in [1.29, 1.82) is 0 Å². The van der Waals surface area contributed by atoms with Crippen LogP contribution in [0.25, 0.3) is 0 Å². The van der Waals surface area contributed by atoms with Crippen LogP contribution in [-0.2, 0) is 12.1 Å². The summed E-state index contributed by atoms with van der Waals surface area (Å²) in [6, 6.07) is 3.08. The van der Waals surface area contributed by atoms with Crippen LogP contribution in [0.5, 0.6) is 0 Å². The summed E-state index contributed by atoms with van der Waals surface area (Å²) in [4.78, 5) is 12.2. The Balaban J connectivity index is 3.47. The lowest BCUT2D eigenvalue weighted by Crippen LogP contribution is -2.45. The van der Waals surface area contributed by atoms with Crippen LogP contribution in [0.15, 0.2) is 18.2 Å². The van der Waals surface area contributed by atoms with Crippen LogP contribution in [0.2, 0.25) is 0 Å². The molecule has 20 heavy (non-hydrogen) atoms. The van der Waals surface area contributed by atoms with Crippen molar-refractivity contribution in [2.24, 2.45) is 0 Å². The molecule has 0 aliphatic carbocycles. The zero-order valence-corrected chi connectivity index (χ0v) is 12.0. The van der Waals surface area contributed by atoms with Crippen LogP contribution in [0.4, 0.5) is 23.7 Å². The normalized spacial score (nSPS) is 12.3. The van der Waals surface area contributed by atoms with Crippen molar-refractivity contribution in [1.82, 2.24) is 0 Å². The summed E-state index contributed by atoms with van der Waals surface area (Å²) in [6.07, 6.45) is -5.88. The van der Waals surface area contributed by atoms with Crippen molar-refractivity contribution >= 4 is 23.4 Å². The second-order valence-electron chi connectivity index (χ2n) is 5.31. The summed E-state index contributed by atoms with van der Waals surface area (Å²) in [5, 5.41) is 9.23. The third kappa shape index (κ3) is 3.79. The van der Waals surface area contributed by atoms with Gasteiger partial charge in [-0.1, -0.05) is 0 Å². The average molecular weight is 310 g/mol. The molecular formula is C13H15ClF3NO2. The van der Waals surface area contributed by atoms with Gasteiger partial charge >= 0.3 is 12.3 Å². The fraction of sp³-hybridized carbons (Fsp3) is 0.462. The van der Waals surface area contributed by atoms with Crippen molar-refractivity contribution < 1.29 is 23.1 Å². The molecule has 112 valence electrons. The highest BCUT2D eigenvalue weighted by Crippen LogP contribution is 2.35. The zero-order chi connectivity index (χ0) is 15.7. The van der Waals surface area contributed by atoms with E-state index >= 15 is 0 Å². The van der Waals surface area contributed by atoms with Crippen LogP contribution in [0, 0.1) is 0 Å². The number of carboxylic acid groups (broad SMARTS) is 1. The second-order valence-corrected chi connectivity index (χ2v) is 5.58. The van der Waals surface area contributed by atoms with Gasteiger partial charge in [-0.05, 0) is 44.5 Å². The molecule has 7 heteroatoms. The topological polar surface area (TPSA) is 40.5 Å². The predicted octanol–water partition coefficient (Wildman–Crippen LogP) is 4.73. The Morgan fingerprint density at radius 1 is 1.25 bits per heavy atom. The van der Waals surface area contributed by atoms with Gasteiger partial charge in [-0.25, -0.2) is 4.79 Å². The van der Waals surface area contributed by atoms with Crippen molar-refractivity contribution in [2.45, 2.75) is 38.4 Å². The highest BCUT2D eigenvalue weighted by atomic mass is 35.5. The Morgan fingerprint density at radius 2 is 1.80 bits per heavy atom. The highest BCUT2D eigenvalue weighted by Gasteiger charge is 2.34. The Kier molecular flexibility index (Phi) is 4.59. The van der Waals surface area contributed by atoms with E-state index in [0.717, 1.165) is 17.0 Å². The lowest BCUT2D eigenvalue weighted by Gasteiger charge is -2.33. The number of halogens is 4. The summed E-state index contributed by atoms with van der Waals surface area (Å²) >= 11 is 5.59. The Bertz CT molecular complexity index is 509. The number of rotatable bonds is 2. The predicted molar refractivity (Wildman–Crippen MR) is 71.3 cm³/mol. The number of benzene rings is 1. The first kappa shape index (κ1) is 16.6. The number of anilines is 1. The van der Waals surface area contributed by atoms with E-state index < -0.39 is 23.4 Å². The summed E-state index contributed by atoms with van der Waals surface area (Å²) in [7, 11) is 0. The molecule has 0 aliphatic heterocycles. The maximum Gasteiger partial charge on any atom is 0.416 e. The first-order valence-corrected chi connectivity index (χ1v) is 6.30. The van der Waals surface area contributed by atoms with Crippen molar-refractivity contribution in [2.75, 3.05) is 4.90 Å². The fourth-order valence-corrected chi connectivity index (χ4v) is 1.98. The molecule has 1 N–H and O–H groups in total. The molecule has 1 aromatic carbocycles. The standard InChI is InChI=1S/C13H15ClF3NO2/c1-12(2,3)18(11(19)20)10-5-8(7-14)4-9(6-10)13(15,16)17/h4-6H,7H2,1-3H3,(H,19,20). The Morgan fingerprint density at radius 3 is 2.15 bits per heavy atom. The minimum absolute atomic E-state index is 0.0459. The van der Waals surface area contributed by atoms with Crippen molar-refractivity contribution in [3.8, 4) is 0 Å². The molecular weight excluding hydrogens is 295 g/mol. The third-order valence-electron chi connectivity index (χ3n) is 2.58. The number of alkyl halides is 4. The molecule has 0 bridgehead atoms. The van der Waals surface area contributed by atoms with Crippen molar-refractivity contribution in [3.05, 3.63) is 29.3 Å². The van der Waals surface area contributed by atoms with Gasteiger partial charge < -0.3 is 5.11 Å². The second kappa shape index (κ2) is 5.52. The smallest absolute Gasteiger partial charge is 0.416 e. The number of amides is 1. The lowest BCUT2D eigenvalue weighted by atomic mass is 10.0. The van der Waals surface area contributed by atoms with E-state index in [2.05, 4.69) is 0 Å². The molecule has 0 radical (unpaired) electrons. The molecule has 3 nitrogen and oxygen atoms in total. The summed E-state index contributed by atoms with van der Waals surface area (Å²) in [5.41, 5.74) is -1.62. The average Bonchev–Trinajstić information content (AvgIpc) is 2.24. The van der Waals surface area contributed by atoms with Gasteiger partial charge in [0.15, 0.2) is 0 Å². The number of nitrogens with zero attached hydrogens (tertiary/aromatic N) is 1. The zero-order valence-electron chi connectivity index (χ0n) is 11.3. The van der Waals surface area contributed by atoms with Crippen LogP contribution in [0.1, 0.15) is 31.9 Å². The van der Waals surface area contributed by atoms with Gasteiger partial charge in [0.25, 0.3) is 0 Å². The first-order valence-electron chi connectivity index (χ1n) is 5.77. The van der Waals surface area contributed by atoms with E-state index in [1.165, 1.54) is 6.07 Å². The lowest BCUT2D eigenvalue weighted by molar-refractivity contribution is -0.137. The van der Waals surface area contributed by atoms with Gasteiger partial charge in [0, 0.05) is 17.1 Å². The van der Waals surface area contributed by atoms with Crippen LogP contribution >= 0.6 is 11.6 Å². The monoisotopic (exact) mass is 309 g/mol. The molecule has 0 unspecified atom stereocenters. The van der Waals surface area contributed by atoms with Gasteiger partial charge in [0.1, 0.15) is 0 Å². The molecule has 0 aliphatic rings. The molecule has 1 rings (SSSR count). The molecule has 1 aromatic rings. The number of carbonyl (C=O) groups is 1. The maximum absolute atomic E-state index is 12.8. The fourth-order valence-electron chi connectivity index (χ4n) is 1.83. The molecule has 0 fully saturated rings. The largest absolute Gasteiger partial charge is 0.465 e. The Hall–Kier alpha value is -1.43. The minimum Gasteiger partial charge on any atom is -0.465 e. The molecule has 1 amide bonds. The molecule has 0 spiro atoms. The number of hydrogen-bond acceptors (Lipinski definition) is 1. The first-order chi connectivity index (χ1) is 8.96. The van der Waals surface area contributed by atoms with E-state index in [0.29, 0.717) is 0 Å². The molecule has 0 saturated heterocycles. The van der Waals surface area contributed by atoms with Crippen LogP contribution < -0.4 is 4.90 Å². The number of hydrogen-bond donors (Lipinski definition) is 1. The van der Waals surface area contributed by atoms with E-state index in [9.17, 15) is 23.1 Å². The van der Waals surface area contributed by atoms with Gasteiger partial charge in [-0.15, -0.1) is 11.6 Å². The van der Waals surface area contributed by atoms with E-state index in [1.807, 2.05) is 0 Å². The van der Waals surface area contributed by atoms with E-state index in [4.69, 9.17) is 11.6 Å². The molecule has 0 aromatic heterocycles. The van der Waals surface area contributed by atoms with Crippen LogP contribution in [-0.4, -0.2) is 16.7 Å². The SMILES string of the molecule is CC(C)(C)N(C(=O)O)c1cc(CCl)cc(C(F)(F)F)c1.